The molecule has 0 spiro atoms. The Bertz CT molecular complexity index is 1040. The van der Waals surface area contributed by atoms with Crippen molar-refractivity contribution in [3.05, 3.63) is 47.5 Å². The summed E-state index contributed by atoms with van der Waals surface area (Å²) in [6.07, 6.45) is 1.25. The van der Waals surface area contributed by atoms with E-state index in [-0.39, 0.29) is 17.3 Å². The van der Waals surface area contributed by atoms with Gasteiger partial charge in [-0.3, -0.25) is 4.79 Å². The van der Waals surface area contributed by atoms with Crippen LogP contribution in [-0.2, 0) is 14.8 Å². The Morgan fingerprint density at radius 1 is 1.07 bits per heavy atom. The zero-order valence-electron chi connectivity index (χ0n) is 17.8. The summed E-state index contributed by atoms with van der Waals surface area (Å²) >= 11 is 0. The first-order valence-corrected chi connectivity index (χ1v) is 11.3. The second-order valence-electron chi connectivity index (χ2n) is 7.53. The molecule has 162 valence electrons. The number of hydrogen-bond acceptors (Lipinski definition) is 5. The molecule has 30 heavy (non-hydrogen) atoms. The monoisotopic (exact) mass is 432 g/mol. The molecule has 2 aromatic rings. The summed E-state index contributed by atoms with van der Waals surface area (Å²) in [4.78, 5) is 13.1. The maximum absolute atomic E-state index is 13.1. The van der Waals surface area contributed by atoms with E-state index >= 15 is 0 Å². The van der Waals surface area contributed by atoms with E-state index in [1.54, 1.807) is 45.4 Å². The Kier molecular flexibility index (Phi) is 6.67. The molecule has 1 heterocycles. The average Bonchev–Trinajstić information content (AvgIpc) is 2.74. The van der Waals surface area contributed by atoms with Crippen molar-refractivity contribution in [2.45, 2.75) is 31.6 Å². The molecule has 1 atom stereocenters. The lowest BCUT2D eigenvalue weighted by atomic mass is 9.98. The van der Waals surface area contributed by atoms with Crippen molar-refractivity contribution in [2.75, 3.05) is 32.6 Å². The smallest absolute Gasteiger partial charge is 0.243 e. The highest BCUT2D eigenvalue weighted by atomic mass is 32.2. The number of carbonyl (C=O) groups is 1. The van der Waals surface area contributed by atoms with Crippen LogP contribution in [0.3, 0.4) is 0 Å². The van der Waals surface area contributed by atoms with Crippen molar-refractivity contribution < 1.29 is 22.7 Å². The van der Waals surface area contributed by atoms with Crippen LogP contribution in [0.2, 0.25) is 0 Å². The predicted octanol–water partition coefficient (Wildman–Crippen LogP) is 3.36. The Hall–Kier alpha value is -2.58. The largest absolute Gasteiger partial charge is 0.496 e. The molecule has 0 aliphatic carbocycles. The van der Waals surface area contributed by atoms with E-state index in [4.69, 9.17) is 9.47 Å². The average molecular weight is 433 g/mol. The summed E-state index contributed by atoms with van der Waals surface area (Å²) in [5.74, 6) is 0.572. The van der Waals surface area contributed by atoms with Crippen molar-refractivity contribution in [3.8, 4) is 11.5 Å². The van der Waals surface area contributed by atoms with E-state index in [1.807, 2.05) is 19.1 Å². The van der Waals surface area contributed by atoms with Gasteiger partial charge in [0.25, 0.3) is 0 Å². The molecule has 8 heteroatoms. The second-order valence-corrected chi connectivity index (χ2v) is 9.46. The maximum Gasteiger partial charge on any atom is 0.243 e. The number of ether oxygens (including phenoxy) is 2. The fraction of sp³-hybridized carbons (Fsp3) is 0.409. The summed E-state index contributed by atoms with van der Waals surface area (Å²) in [5, 5.41) is 2.91. The molecular formula is C22H28N2O5S. The van der Waals surface area contributed by atoms with Crippen molar-refractivity contribution >= 4 is 21.6 Å². The normalized spacial score (nSPS) is 17.4. The molecule has 1 amide bonds. The summed E-state index contributed by atoms with van der Waals surface area (Å²) in [5.41, 5.74) is 2.33. The second kappa shape index (κ2) is 9.06. The minimum absolute atomic E-state index is 0.146. The van der Waals surface area contributed by atoms with E-state index in [0.29, 0.717) is 36.6 Å². The molecule has 0 bridgehead atoms. The van der Waals surface area contributed by atoms with Gasteiger partial charge in [0.2, 0.25) is 15.9 Å². The molecule has 1 N–H and O–H groups in total. The third-order valence-electron chi connectivity index (χ3n) is 5.37. The highest BCUT2D eigenvalue weighted by molar-refractivity contribution is 7.89. The molecule has 1 saturated heterocycles. The zero-order chi connectivity index (χ0) is 21.9. The lowest BCUT2D eigenvalue weighted by molar-refractivity contribution is -0.120. The standard InChI is InChI=1S/C22H28N2O5S/c1-15-7-9-21(29-4)19(12-15)23-22(25)17-6-5-11-24(14-17)30(26,27)18-8-10-20(28-3)16(2)13-18/h7-10,12-13,17H,5-6,11,14H2,1-4H3,(H,23,25)/t17-/m0/s1. The molecule has 0 saturated carbocycles. The number of nitrogens with zero attached hydrogens (tertiary/aromatic N) is 1. The van der Waals surface area contributed by atoms with Crippen LogP contribution in [0.25, 0.3) is 0 Å². The fourth-order valence-electron chi connectivity index (χ4n) is 3.69. The molecule has 7 nitrogen and oxygen atoms in total. The first-order valence-electron chi connectivity index (χ1n) is 9.86. The van der Waals surface area contributed by atoms with Gasteiger partial charge in [0, 0.05) is 13.1 Å². The van der Waals surface area contributed by atoms with Crippen molar-refractivity contribution in [2.24, 2.45) is 5.92 Å². The van der Waals surface area contributed by atoms with Gasteiger partial charge in [0.15, 0.2) is 0 Å². The van der Waals surface area contributed by atoms with Gasteiger partial charge in [-0.25, -0.2) is 8.42 Å². The minimum Gasteiger partial charge on any atom is -0.496 e. The Balaban J connectivity index is 1.77. The molecule has 3 rings (SSSR count). The highest BCUT2D eigenvalue weighted by Crippen LogP contribution is 2.29. The summed E-state index contributed by atoms with van der Waals surface area (Å²) in [6.45, 7) is 4.28. The van der Waals surface area contributed by atoms with Crippen LogP contribution in [0, 0.1) is 19.8 Å². The number of amides is 1. The van der Waals surface area contributed by atoms with Crippen molar-refractivity contribution in [1.29, 1.82) is 0 Å². The van der Waals surface area contributed by atoms with Gasteiger partial charge in [-0.05, 0) is 68.1 Å². The van der Waals surface area contributed by atoms with Crippen LogP contribution < -0.4 is 14.8 Å². The van der Waals surface area contributed by atoms with E-state index in [0.717, 1.165) is 11.1 Å². The lowest BCUT2D eigenvalue weighted by Gasteiger charge is -2.31. The number of carbonyl (C=O) groups excluding carboxylic acids is 1. The summed E-state index contributed by atoms with van der Waals surface area (Å²) in [7, 11) is -0.598. The summed E-state index contributed by atoms with van der Waals surface area (Å²) in [6, 6.07) is 10.3. The molecular weight excluding hydrogens is 404 g/mol. The number of hydrogen-bond donors (Lipinski definition) is 1. The Morgan fingerprint density at radius 3 is 2.43 bits per heavy atom. The third kappa shape index (κ3) is 4.60. The van der Waals surface area contributed by atoms with Gasteiger partial charge >= 0.3 is 0 Å². The zero-order valence-corrected chi connectivity index (χ0v) is 18.6. The number of rotatable bonds is 6. The predicted molar refractivity (Wildman–Crippen MR) is 116 cm³/mol. The van der Waals surface area contributed by atoms with Crippen LogP contribution in [0.5, 0.6) is 11.5 Å². The van der Waals surface area contributed by atoms with Gasteiger partial charge in [0.1, 0.15) is 11.5 Å². The van der Waals surface area contributed by atoms with Gasteiger partial charge in [-0.1, -0.05) is 6.07 Å². The first-order chi connectivity index (χ1) is 14.3. The third-order valence-corrected chi connectivity index (χ3v) is 7.23. The number of methoxy groups -OCH3 is 2. The van der Waals surface area contributed by atoms with Crippen LogP contribution in [0.15, 0.2) is 41.3 Å². The molecule has 2 aromatic carbocycles. The molecule has 1 aliphatic heterocycles. The number of sulfonamides is 1. The Labute approximate surface area is 178 Å². The quantitative estimate of drug-likeness (QED) is 0.757. The number of aryl methyl sites for hydroxylation is 2. The van der Waals surface area contributed by atoms with E-state index in [1.165, 1.54) is 4.31 Å². The van der Waals surface area contributed by atoms with Crippen LogP contribution >= 0.6 is 0 Å². The molecule has 0 radical (unpaired) electrons. The Morgan fingerprint density at radius 2 is 1.77 bits per heavy atom. The van der Waals surface area contributed by atoms with Gasteiger partial charge in [-0.2, -0.15) is 4.31 Å². The van der Waals surface area contributed by atoms with E-state index in [9.17, 15) is 13.2 Å². The van der Waals surface area contributed by atoms with Crippen molar-refractivity contribution in [3.63, 3.8) is 0 Å². The number of anilines is 1. The van der Waals surface area contributed by atoms with Crippen molar-refractivity contribution in [1.82, 2.24) is 4.31 Å². The lowest BCUT2D eigenvalue weighted by Crippen LogP contribution is -2.43. The first kappa shape index (κ1) is 22.1. The molecule has 0 aromatic heterocycles. The van der Waals surface area contributed by atoms with E-state index < -0.39 is 15.9 Å². The number of benzene rings is 2. The van der Waals surface area contributed by atoms with Gasteiger partial charge < -0.3 is 14.8 Å². The SMILES string of the molecule is COc1ccc(S(=O)(=O)N2CCC[C@H](C(=O)Nc3cc(C)ccc3OC)C2)cc1C. The molecule has 0 unspecified atom stereocenters. The van der Waals surface area contributed by atoms with Crippen LogP contribution in [-0.4, -0.2) is 45.9 Å². The fourth-order valence-corrected chi connectivity index (χ4v) is 5.30. The van der Waals surface area contributed by atoms with Crippen LogP contribution in [0.4, 0.5) is 5.69 Å². The number of piperidine rings is 1. The van der Waals surface area contributed by atoms with Gasteiger partial charge in [0.05, 0.1) is 30.7 Å². The van der Waals surface area contributed by atoms with E-state index in [2.05, 4.69) is 5.32 Å². The minimum atomic E-state index is -3.70. The van der Waals surface area contributed by atoms with Crippen LogP contribution in [0.1, 0.15) is 24.0 Å². The maximum atomic E-state index is 13.1. The topological polar surface area (TPSA) is 84.9 Å². The summed E-state index contributed by atoms with van der Waals surface area (Å²) < 4.78 is 38.2. The molecule has 1 aliphatic rings. The van der Waals surface area contributed by atoms with Gasteiger partial charge in [-0.15, -0.1) is 0 Å². The molecule has 1 fully saturated rings. The number of nitrogens with one attached hydrogen (secondary N) is 1. The highest BCUT2D eigenvalue weighted by Gasteiger charge is 2.33.